The average molecular weight is 552 g/mol. The van der Waals surface area contributed by atoms with Crippen molar-refractivity contribution in [2.45, 2.75) is 0 Å². The van der Waals surface area contributed by atoms with Gasteiger partial charge in [0.2, 0.25) is 0 Å². The predicted octanol–water partition coefficient (Wildman–Crippen LogP) is 4.04. The van der Waals surface area contributed by atoms with E-state index in [0.29, 0.717) is 39.7 Å². The minimum Gasteiger partial charge on any atom is -0.633 e. The van der Waals surface area contributed by atoms with Gasteiger partial charge in [0.05, 0.1) is 32.0 Å². The van der Waals surface area contributed by atoms with Crippen LogP contribution >= 0.6 is 0 Å². The SMILES string of the molecule is CN(C(=O)/C=C/C[N+](C)(C)[O-])c1ccc(-n2c(=O)n(-c3ccc(Oc4ccccc4)cc3)c3c(N)ncnc32)cc1. The number of nitrogen functional groups attached to an aromatic ring is 1. The molecule has 0 unspecified atom stereocenters. The molecule has 0 saturated heterocycles. The molecule has 2 aromatic heterocycles. The van der Waals surface area contributed by atoms with Gasteiger partial charge in [0.25, 0.3) is 5.91 Å². The molecule has 0 aliphatic heterocycles. The van der Waals surface area contributed by atoms with E-state index in [4.69, 9.17) is 10.5 Å². The number of carbonyl (C=O) groups excluding carboxylic acids is 1. The van der Waals surface area contributed by atoms with E-state index in [1.54, 1.807) is 61.7 Å². The third-order valence-electron chi connectivity index (χ3n) is 6.35. The lowest BCUT2D eigenvalue weighted by Gasteiger charge is -2.32. The lowest BCUT2D eigenvalue weighted by atomic mass is 10.2. The summed E-state index contributed by atoms with van der Waals surface area (Å²) in [7, 11) is 4.64. The second kappa shape index (κ2) is 11.1. The highest BCUT2D eigenvalue weighted by molar-refractivity contribution is 6.01. The summed E-state index contributed by atoms with van der Waals surface area (Å²) < 4.78 is 8.26. The van der Waals surface area contributed by atoms with Crippen LogP contribution < -0.4 is 21.1 Å². The maximum Gasteiger partial charge on any atom is 0.339 e. The van der Waals surface area contributed by atoms with Crippen molar-refractivity contribution in [2.75, 3.05) is 38.3 Å². The molecule has 11 heteroatoms. The first-order chi connectivity index (χ1) is 19.6. The Morgan fingerprint density at radius 3 is 2.22 bits per heavy atom. The minimum absolute atomic E-state index is 0.157. The standard InChI is InChI=1S/C30H29N7O4/c1-34(26(38)10-7-19-37(2,3)40)21-11-13-23(14-12-21)36-29-27(28(31)32-20-33-29)35(30(36)39)22-15-17-25(18-16-22)41-24-8-5-4-6-9-24/h4-18,20H,19H2,1-3H3,(H2,31,32,33)/b10-7+. The van der Waals surface area contributed by atoms with Gasteiger partial charge in [-0.25, -0.2) is 19.3 Å². The molecule has 0 aliphatic rings. The monoisotopic (exact) mass is 551 g/mol. The summed E-state index contributed by atoms with van der Waals surface area (Å²) in [6.45, 7) is 0.180. The van der Waals surface area contributed by atoms with Crippen LogP contribution in [0, 0.1) is 5.21 Å². The molecule has 41 heavy (non-hydrogen) atoms. The van der Waals surface area contributed by atoms with E-state index in [9.17, 15) is 14.8 Å². The number of hydrogen-bond donors (Lipinski definition) is 1. The number of aromatic nitrogens is 4. The number of ether oxygens (including phenoxy) is 1. The number of likely N-dealkylation sites (N-methyl/N-ethyl adjacent to an activating group) is 2. The van der Waals surface area contributed by atoms with Crippen LogP contribution in [0.5, 0.6) is 11.5 Å². The fourth-order valence-electron chi connectivity index (χ4n) is 4.28. The van der Waals surface area contributed by atoms with E-state index in [1.165, 1.54) is 40.5 Å². The zero-order valence-electron chi connectivity index (χ0n) is 22.8. The highest BCUT2D eigenvalue weighted by Gasteiger charge is 2.20. The molecule has 0 saturated carbocycles. The molecule has 208 valence electrons. The fraction of sp³-hybridized carbons (Fsp3) is 0.133. The van der Waals surface area contributed by atoms with E-state index in [0.717, 1.165) is 0 Å². The van der Waals surface area contributed by atoms with Crippen molar-refractivity contribution >= 4 is 28.6 Å². The van der Waals surface area contributed by atoms with Gasteiger partial charge in [-0.2, -0.15) is 0 Å². The van der Waals surface area contributed by atoms with Gasteiger partial charge in [-0.05, 0) is 66.7 Å². The summed E-state index contributed by atoms with van der Waals surface area (Å²) in [4.78, 5) is 36.3. The van der Waals surface area contributed by atoms with Gasteiger partial charge in [0.15, 0.2) is 11.5 Å². The number of hydrogen-bond acceptors (Lipinski definition) is 7. The van der Waals surface area contributed by atoms with Gasteiger partial charge >= 0.3 is 5.69 Å². The number of nitrogens with zero attached hydrogens (tertiary/aromatic N) is 6. The number of fused-ring (bicyclic) bond motifs is 1. The van der Waals surface area contributed by atoms with Crippen molar-refractivity contribution in [1.82, 2.24) is 19.1 Å². The van der Waals surface area contributed by atoms with Crippen LogP contribution in [0.2, 0.25) is 0 Å². The Bertz CT molecular complexity index is 1770. The highest BCUT2D eigenvalue weighted by Crippen LogP contribution is 2.26. The third kappa shape index (κ3) is 5.86. The third-order valence-corrected chi connectivity index (χ3v) is 6.35. The van der Waals surface area contributed by atoms with Gasteiger partial charge in [-0.15, -0.1) is 0 Å². The van der Waals surface area contributed by atoms with Crippen molar-refractivity contribution in [3.63, 3.8) is 0 Å². The zero-order valence-corrected chi connectivity index (χ0v) is 22.8. The molecule has 5 rings (SSSR count). The molecule has 0 bridgehead atoms. The summed E-state index contributed by atoms with van der Waals surface area (Å²) in [6.07, 6.45) is 4.24. The van der Waals surface area contributed by atoms with Crippen LogP contribution in [-0.2, 0) is 4.79 Å². The normalized spacial score (nSPS) is 11.7. The molecule has 1 amide bonds. The number of imidazole rings is 1. The molecule has 3 aromatic carbocycles. The average Bonchev–Trinajstić information content (AvgIpc) is 3.26. The van der Waals surface area contributed by atoms with E-state index in [2.05, 4.69) is 9.97 Å². The number of hydroxylamine groups is 3. The molecule has 0 fully saturated rings. The number of quaternary nitrogens is 1. The summed E-state index contributed by atoms with van der Waals surface area (Å²) in [6, 6.07) is 23.4. The van der Waals surface area contributed by atoms with E-state index in [-0.39, 0.29) is 24.0 Å². The first-order valence-corrected chi connectivity index (χ1v) is 12.8. The smallest absolute Gasteiger partial charge is 0.339 e. The number of anilines is 2. The molecule has 0 spiro atoms. The van der Waals surface area contributed by atoms with Crippen molar-refractivity contribution in [3.8, 4) is 22.9 Å². The topological polar surface area (TPSA) is 131 Å². The Labute approximate surface area is 236 Å². The van der Waals surface area contributed by atoms with Gasteiger partial charge in [-0.1, -0.05) is 18.2 Å². The van der Waals surface area contributed by atoms with Crippen LogP contribution in [-0.4, -0.2) is 57.3 Å². The van der Waals surface area contributed by atoms with Crippen molar-refractivity contribution in [1.29, 1.82) is 0 Å². The molecule has 0 radical (unpaired) electrons. The van der Waals surface area contributed by atoms with Crippen LogP contribution in [0.1, 0.15) is 0 Å². The van der Waals surface area contributed by atoms with Crippen molar-refractivity contribution < 1.29 is 14.2 Å². The molecule has 11 nitrogen and oxygen atoms in total. The number of carbonyl (C=O) groups is 1. The van der Waals surface area contributed by atoms with Crippen LogP contribution in [0.3, 0.4) is 0 Å². The Kier molecular flexibility index (Phi) is 7.38. The maximum atomic E-state index is 13.8. The molecule has 0 atom stereocenters. The quantitative estimate of drug-likeness (QED) is 0.175. The lowest BCUT2D eigenvalue weighted by Crippen LogP contribution is -2.32. The summed E-state index contributed by atoms with van der Waals surface area (Å²) in [5, 5.41) is 11.7. The summed E-state index contributed by atoms with van der Waals surface area (Å²) in [5.74, 6) is 1.19. The molecular weight excluding hydrogens is 522 g/mol. The van der Waals surface area contributed by atoms with Gasteiger partial charge in [0, 0.05) is 18.8 Å². The fourth-order valence-corrected chi connectivity index (χ4v) is 4.28. The van der Waals surface area contributed by atoms with Crippen LogP contribution in [0.4, 0.5) is 11.5 Å². The number of nitrogens with two attached hydrogens (primary N) is 1. The van der Waals surface area contributed by atoms with Crippen molar-refractivity contribution in [3.05, 3.63) is 113 Å². The second-order valence-electron chi connectivity index (χ2n) is 9.87. The molecule has 5 aromatic rings. The summed E-state index contributed by atoms with van der Waals surface area (Å²) in [5.41, 5.74) is 8.26. The van der Waals surface area contributed by atoms with Gasteiger partial charge in [0.1, 0.15) is 23.3 Å². The zero-order chi connectivity index (χ0) is 29.1. The van der Waals surface area contributed by atoms with Gasteiger partial charge < -0.3 is 25.2 Å². The van der Waals surface area contributed by atoms with E-state index < -0.39 is 4.65 Å². The van der Waals surface area contributed by atoms with Crippen molar-refractivity contribution in [2.24, 2.45) is 0 Å². The Morgan fingerprint density at radius 2 is 1.56 bits per heavy atom. The molecule has 2 heterocycles. The first kappa shape index (κ1) is 27.3. The molecule has 2 N–H and O–H groups in total. The van der Waals surface area contributed by atoms with Gasteiger partial charge in [-0.3, -0.25) is 9.36 Å². The Balaban J connectivity index is 1.47. The van der Waals surface area contributed by atoms with Crippen LogP contribution in [0.25, 0.3) is 22.5 Å². The Morgan fingerprint density at radius 1 is 0.951 bits per heavy atom. The minimum atomic E-state index is -0.524. The number of benzene rings is 3. The second-order valence-corrected chi connectivity index (χ2v) is 9.87. The first-order valence-electron chi connectivity index (χ1n) is 12.8. The molecule has 0 aliphatic carbocycles. The van der Waals surface area contributed by atoms with E-state index in [1.807, 2.05) is 30.3 Å². The molecular formula is C30H29N7O4. The van der Waals surface area contributed by atoms with E-state index >= 15 is 0 Å². The predicted molar refractivity (Wildman–Crippen MR) is 158 cm³/mol. The maximum absolute atomic E-state index is 13.8. The lowest BCUT2D eigenvalue weighted by molar-refractivity contribution is -0.833. The Hall–Kier alpha value is -5.26. The highest BCUT2D eigenvalue weighted by atomic mass is 16.5. The van der Waals surface area contributed by atoms with Crippen LogP contribution in [0.15, 0.2) is 102 Å². The number of para-hydroxylation sites is 1. The summed E-state index contributed by atoms with van der Waals surface area (Å²) >= 11 is 0. The number of rotatable bonds is 8. The largest absolute Gasteiger partial charge is 0.633 e. The number of amides is 1.